The van der Waals surface area contributed by atoms with Gasteiger partial charge < -0.3 is 23.4 Å². The van der Waals surface area contributed by atoms with Crippen LogP contribution < -0.4 is 4.90 Å². The first-order chi connectivity index (χ1) is 14.2. The number of ether oxygens (including phenoxy) is 1. The van der Waals surface area contributed by atoms with E-state index in [1.165, 1.54) is 0 Å². The number of nitrogens with zero attached hydrogens (tertiary/aromatic N) is 4. The van der Waals surface area contributed by atoms with E-state index >= 15 is 0 Å². The largest absolute Gasteiger partial charge is 0.459 e. The Bertz CT molecular complexity index is 856. The van der Waals surface area contributed by atoms with Gasteiger partial charge in [-0.25, -0.2) is 0 Å². The second-order valence-electron chi connectivity index (χ2n) is 7.54. The molecule has 2 saturated heterocycles. The standard InChI is InChI=1S/C21H26N4O4/c1-2-24(14-16-5-3-11-27-16)20(26)15-7-9-25(10-8-15)21-17(13-22)23-19(29-21)18-6-4-12-28-18/h4,6,12,15-16H,2-3,5,7-11,14H2,1H3. The summed E-state index contributed by atoms with van der Waals surface area (Å²) in [5, 5.41) is 9.44. The first-order valence-electron chi connectivity index (χ1n) is 10.3. The average molecular weight is 398 g/mol. The van der Waals surface area contributed by atoms with E-state index in [9.17, 15) is 10.1 Å². The van der Waals surface area contributed by atoms with E-state index in [-0.39, 0.29) is 23.6 Å². The fourth-order valence-corrected chi connectivity index (χ4v) is 4.10. The Morgan fingerprint density at radius 2 is 2.21 bits per heavy atom. The van der Waals surface area contributed by atoms with E-state index in [0.29, 0.717) is 43.7 Å². The molecule has 0 spiro atoms. The number of hydrogen-bond acceptors (Lipinski definition) is 7. The van der Waals surface area contributed by atoms with E-state index in [1.807, 2.05) is 16.7 Å². The van der Waals surface area contributed by atoms with Gasteiger partial charge in [-0.3, -0.25) is 4.79 Å². The molecule has 0 saturated carbocycles. The molecule has 29 heavy (non-hydrogen) atoms. The highest BCUT2D eigenvalue weighted by Gasteiger charge is 2.32. The molecule has 1 atom stereocenters. The number of likely N-dealkylation sites (N-methyl/N-ethyl adjacent to an activating group) is 1. The highest BCUT2D eigenvalue weighted by Crippen LogP contribution is 2.31. The van der Waals surface area contributed by atoms with Gasteiger partial charge in [0.1, 0.15) is 6.07 Å². The zero-order chi connectivity index (χ0) is 20.2. The van der Waals surface area contributed by atoms with Gasteiger partial charge in [0.15, 0.2) is 5.76 Å². The van der Waals surface area contributed by atoms with Crippen LogP contribution in [0.5, 0.6) is 0 Å². The van der Waals surface area contributed by atoms with E-state index in [0.717, 1.165) is 32.3 Å². The molecule has 2 fully saturated rings. The maximum Gasteiger partial charge on any atom is 0.266 e. The maximum absolute atomic E-state index is 13.0. The Morgan fingerprint density at radius 1 is 1.38 bits per heavy atom. The Hall–Kier alpha value is -2.79. The van der Waals surface area contributed by atoms with Gasteiger partial charge in [0, 0.05) is 38.7 Å². The van der Waals surface area contributed by atoms with Crippen LogP contribution in [0.2, 0.25) is 0 Å². The summed E-state index contributed by atoms with van der Waals surface area (Å²) in [6.07, 6.45) is 5.27. The topological polar surface area (TPSA) is 95.7 Å². The highest BCUT2D eigenvalue weighted by atomic mass is 16.5. The minimum atomic E-state index is -0.00870. The second kappa shape index (κ2) is 8.70. The first-order valence-corrected chi connectivity index (χ1v) is 10.3. The molecule has 4 heterocycles. The predicted octanol–water partition coefficient (Wildman–Crippen LogP) is 3.05. The normalized spacial score (nSPS) is 20.0. The van der Waals surface area contributed by atoms with Crippen LogP contribution in [0, 0.1) is 17.2 Å². The fraction of sp³-hybridized carbons (Fsp3) is 0.571. The molecule has 1 amide bonds. The number of carbonyl (C=O) groups is 1. The number of carbonyl (C=O) groups excluding carboxylic acids is 1. The third-order valence-corrected chi connectivity index (χ3v) is 5.72. The molecule has 8 heteroatoms. The van der Waals surface area contributed by atoms with Crippen LogP contribution in [0.4, 0.5) is 5.88 Å². The fourth-order valence-electron chi connectivity index (χ4n) is 4.10. The van der Waals surface area contributed by atoms with E-state index in [1.54, 1.807) is 18.4 Å². The molecular weight excluding hydrogens is 372 g/mol. The van der Waals surface area contributed by atoms with Crippen LogP contribution in [0.3, 0.4) is 0 Å². The lowest BCUT2D eigenvalue weighted by atomic mass is 9.95. The van der Waals surface area contributed by atoms with Crippen LogP contribution in [-0.2, 0) is 9.53 Å². The van der Waals surface area contributed by atoms with Gasteiger partial charge in [-0.05, 0) is 44.7 Å². The quantitative estimate of drug-likeness (QED) is 0.738. The highest BCUT2D eigenvalue weighted by molar-refractivity contribution is 5.79. The maximum atomic E-state index is 13.0. The lowest BCUT2D eigenvalue weighted by molar-refractivity contribution is -0.137. The monoisotopic (exact) mass is 398 g/mol. The minimum absolute atomic E-state index is 0.00870. The molecule has 0 N–H and O–H groups in total. The van der Waals surface area contributed by atoms with E-state index in [2.05, 4.69) is 11.1 Å². The Labute approximate surface area is 170 Å². The second-order valence-corrected chi connectivity index (χ2v) is 7.54. The van der Waals surface area contributed by atoms with Crippen molar-refractivity contribution in [3.63, 3.8) is 0 Å². The van der Waals surface area contributed by atoms with Gasteiger partial charge in [0.2, 0.25) is 17.5 Å². The predicted molar refractivity (Wildman–Crippen MR) is 105 cm³/mol. The third kappa shape index (κ3) is 4.15. The smallest absolute Gasteiger partial charge is 0.266 e. The summed E-state index contributed by atoms with van der Waals surface area (Å²) in [6.45, 7) is 5.50. The zero-order valence-electron chi connectivity index (χ0n) is 16.7. The van der Waals surface area contributed by atoms with Gasteiger partial charge in [0.05, 0.1) is 12.4 Å². The molecule has 2 aromatic rings. The molecule has 0 radical (unpaired) electrons. The summed E-state index contributed by atoms with van der Waals surface area (Å²) >= 11 is 0. The molecule has 154 valence electrons. The van der Waals surface area contributed by atoms with Crippen molar-refractivity contribution < 1.29 is 18.4 Å². The van der Waals surface area contributed by atoms with Gasteiger partial charge >= 0.3 is 0 Å². The molecule has 2 aromatic heterocycles. The summed E-state index contributed by atoms with van der Waals surface area (Å²) in [5.41, 5.74) is 0.245. The number of furan rings is 1. The van der Waals surface area contributed by atoms with Crippen LogP contribution in [0.15, 0.2) is 27.2 Å². The van der Waals surface area contributed by atoms with Crippen molar-refractivity contribution in [3.8, 4) is 17.7 Å². The van der Waals surface area contributed by atoms with Crippen molar-refractivity contribution in [2.75, 3.05) is 37.7 Å². The number of anilines is 1. The number of amides is 1. The molecular formula is C21H26N4O4. The molecule has 0 aromatic carbocycles. The third-order valence-electron chi connectivity index (χ3n) is 5.72. The lowest BCUT2D eigenvalue weighted by Gasteiger charge is -2.34. The number of piperidine rings is 1. The molecule has 0 bridgehead atoms. The lowest BCUT2D eigenvalue weighted by Crippen LogP contribution is -2.45. The number of nitriles is 1. The zero-order valence-corrected chi connectivity index (χ0v) is 16.7. The van der Waals surface area contributed by atoms with Crippen LogP contribution in [-0.4, -0.2) is 54.7 Å². The summed E-state index contributed by atoms with van der Waals surface area (Å²) in [6, 6.07) is 5.59. The van der Waals surface area contributed by atoms with E-state index in [4.69, 9.17) is 13.6 Å². The van der Waals surface area contributed by atoms with Gasteiger partial charge in [-0.15, -0.1) is 0 Å². The summed E-state index contributed by atoms with van der Waals surface area (Å²) in [4.78, 5) is 21.2. The van der Waals surface area contributed by atoms with Crippen molar-refractivity contribution in [1.82, 2.24) is 9.88 Å². The van der Waals surface area contributed by atoms with Crippen molar-refractivity contribution in [2.24, 2.45) is 5.92 Å². The number of oxazole rings is 1. The molecule has 2 aliphatic rings. The summed E-state index contributed by atoms with van der Waals surface area (Å²) < 4.78 is 16.8. The van der Waals surface area contributed by atoms with Crippen molar-refractivity contribution in [1.29, 1.82) is 5.26 Å². The Balaban J connectivity index is 1.39. The van der Waals surface area contributed by atoms with Crippen molar-refractivity contribution in [3.05, 3.63) is 24.1 Å². The van der Waals surface area contributed by atoms with Crippen LogP contribution in [0.25, 0.3) is 11.7 Å². The average Bonchev–Trinajstić information content (AvgIpc) is 3.52. The molecule has 1 unspecified atom stereocenters. The Kier molecular flexibility index (Phi) is 5.86. The van der Waals surface area contributed by atoms with Crippen molar-refractivity contribution >= 4 is 11.8 Å². The first kappa shape index (κ1) is 19.5. The van der Waals surface area contributed by atoms with Crippen LogP contribution >= 0.6 is 0 Å². The summed E-state index contributed by atoms with van der Waals surface area (Å²) in [7, 11) is 0. The number of aromatic nitrogens is 1. The summed E-state index contributed by atoms with van der Waals surface area (Å²) in [5.74, 6) is 1.44. The molecule has 8 nitrogen and oxygen atoms in total. The number of rotatable bonds is 6. The van der Waals surface area contributed by atoms with Crippen LogP contribution in [0.1, 0.15) is 38.3 Å². The molecule has 4 rings (SSSR count). The minimum Gasteiger partial charge on any atom is -0.459 e. The van der Waals surface area contributed by atoms with Gasteiger partial charge in [-0.2, -0.15) is 10.2 Å². The van der Waals surface area contributed by atoms with E-state index < -0.39 is 0 Å². The SMILES string of the molecule is CCN(CC1CCCO1)C(=O)C1CCN(c2oc(-c3ccco3)nc2C#N)CC1. The molecule has 0 aliphatic carbocycles. The molecule has 2 aliphatic heterocycles. The van der Waals surface area contributed by atoms with Crippen molar-refractivity contribution in [2.45, 2.75) is 38.7 Å². The van der Waals surface area contributed by atoms with Gasteiger partial charge in [-0.1, -0.05) is 0 Å². The Morgan fingerprint density at radius 3 is 2.83 bits per heavy atom. The number of hydrogen-bond donors (Lipinski definition) is 0. The van der Waals surface area contributed by atoms with Gasteiger partial charge in [0.25, 0.3) is 5.89 Å².